The minimum atomic E-state index is -3.23. The van der Waals surface area contributed by atoms with Gasteiger partial charge in [0.2, 0.25) is 0 Å². The molecule has 0 bridgehead atoms. The summed E-state index contributed by atoms with van der Waals surface area (Å²) in [5, 5.41) is 1.59. The van der Waals surface area contributed by atoms with Crippen molar-refractivity contribution in [1.29, 1.82) is 0 Å². The Balaban J connectivity index is 2.37. The normalized spacial score (nSPS) is 11.4. The number of hydrogen-bond acceptors (Lipinski definition) is 1. The first kappa shape index (κ1) is 14.7. The summed E-state index contributed by atoms with van der Waals surface area (Å²) in [4.78, 5) is 0. The Kier molecular flexibility index (Phi) is 3.96. The molecule has 0 aliphatic heterocycles. The molecular formula is C19H16FOP. The molecule has 0 spiro atoms. The number of rotatable bonds is 3. The second-order valence-electron chi connectivity index (χ2n) is 5.19. The van der Waals surface area contributed by atoms with Gasteiger partial charge in [0, 0.05) is 10.6 Å². The smallest absolute Gasteiger partial charge is 0.174 e. The average Bonchev–Trinajstić information content (AvgIpc) is 2.56. The lowest BCUT2D eigenvalue weighted by molar-refractivity contribution is 0.588. The molecule has 1 nitrogen and oxygen atoms in total. The maximum atomic E-state index is 14.5. The van der Waals surface area contributed by atoms with Gasteiger partial charge in [-0.3, -0.25) is 0 Å². The zero-order valence-corrected chi connectivity index (χ0v) is 13.1. The fourth-order valence-corrected chi connectivity index (χ4v) is 5.65. The molecule has 0 saturated carbocycles. The van der Waals surface area contributed by atoms with Gasteiger partial charge in [-0.2, -0.15) is 0 Å². The van der Waals surface area contributed by atoms with Crippen molar-refractivity contribution >= 4 is 23.1 Å². The van der Waals surface area contributed by atoms with E-state index in [1.807, 2.05) is 36.4 Å². The summed E-state index contributed by atoms with van der Waals surface area (Å²) in [6.45, 7) is 1.80. The van der Waals surface area contributed by atoms with Crippen LogP contribution in [0.15, 0.2) is 78.9 Å². The first-order valence-electron chi connectivity index (χ1n) is 7.11. The summed E-state index contributed by atoms with van der Waals surface area (Å²) < 4.78 is 28.6. The monoisotopic (exact) mass is 310 g/mol. The predicted octanol–water partition coefficient (Wildman–Crippen LogP) is 3.77. The van der Waals surface area contributed by atoms with Gasteiger partial charge in [0.15, 0.2) is 7.14 Å². The fourth-order valence-electron chi connectivity index (χ4n) is 2.71. The SMILES string of the molecule is Cc1cccc(F)c1P(=O)(c1ccccc1)c1ccccc1. The molecular weight excluding hydrogens is 294 g/mol. The number of benzene rings is 3. The van der Waals surface area contributed by atoms with Crippen LogP contribution in [0.4, 0.5) is 4.39 Å². The van der Waals surface area contributed by atoms with E-state index in [-0.39, 0.29) is 0 Å². The minimum Gasteiger partial charge on any atom is -0.309 e. The van der Waals surface area contributed by atoms with Crippen LogP contribution in [0.1, 0.15) is 5.56 Å². The molecule has 22 heavy (non-hydrogen) atoms. The van der Waals surface area contributed by atoms with Crippen molar-refractivity contribution in [2.45, 2.75) is 6.92 Å². The van der Waals surface area contributed by atoms with E-state index < -0.39 is 13.0 Å². The van der Waals surface area contributed by atoms with Crippen LogP contribution >= 0.6 is 7.14 Å². The highest BCUT2D eigenvalue weighted by atomic mass is 31.2. The zero-order chi connectivity index (χ0) is 15.6. The number of aryl methyl sites for hydroxylation is 1. The highest BCUT2D eigenvalue weighted by molar-refractivity contribution is 7.85. The van der Waals surface area contributed by atoms with E-state index in [0.29, 0.717) is 21.5 Å². The lowest BCUT2D eigenvalue weighted by atomic mass is 10.2. The molecule has 3 heteroatoms. The Labute approximate surface area is 129 Å². The molecule has 0 aromatic heterocycles. The molecule has 0 atom stereocenters. The Bertz CT molecular complexity index is 765. The van der Waals surface area contributed by atoms with Crippen LogP contribution in [0, 0.1) is 12.7 Å². The van der Waals surface area contributed by atoms with Crippen molar-refractivity contribution in [3.8, 4) is 0 Å². The maximum absolute atomic E-state index is 14.5. The summed E-state index contributed by atoms with van der Waals surface area (Å²) in [7, 11) is -3.23. The fraction of sp³-hybridized carbons (Fsp3) is 0.0526. The molecule has 0 fully saturated rings. The topological polar surface area (TPSA) is 17.1 Å². The summed E-state index contributed by atoms with van der Waals surface area (Å²) in [6.07, 6.45) is 0. The van der Waals surface area contributed by atoms with Gasteiger partial charge in [-0.25, -0.2) is 4.39 Å². The van der Waals surface area contributed by atoms with Crippen LogP contribution in [0.2, 0.25) is 0 Å². The second kappa shape index (κ2) is 5.90. The van der Waals surface area contributed by atoms with E-state index in [9.17, 15) is 8.96 Å². The molecule has 0 unspecified atom stereocenters. The van der Waals surface area contributed by atoms with Gasteiger partial charge in [0.05, 0.1) is 5.30 Å². The summed E-state index contributed by atoms with van der Waals surface area (Å²) in [5.41, 5.74) is 0.705. The Morgan fingerprint density at radius 2 is 1.23 bits per heavy atom. The van der Waals surface area contributed by atoms with E-state index in [2.05, 4.69) is 0 Å². The van der Waals surface area contributed by atoms with Gasteiger partial charge in [-0.05, 0) is 18.6 Å². The van der Waals surface area contributed by atoms with Crippen molar-refractivity contribution in [2.24, 2.45) is 0 Å². The van der Waals surface area contributed by atoms with E-state index in [1.165, 1.54) is 6.07 Å². The molecule has 0 heterocycles. The molecule has 0 saturated heterocycles. The maximum Gasteiger partial charge on any atom is 0.174 e. The molecule has 3 rings (SSSR count). The van der Waals surface area contributed by atoms with Crippen molar-refractivity contribution in [1.82, 2.24) is 0 Å². The largest absolute Gasteiger partial charge is 0.309 e. The Morgan fingerprint density at radius 3 is 1.68 bits per heavy atom. The lowest BCUT2D eigenvalue weighted by Gasteiger charge is -2.22. The highest BCUT2D eigenvalue weighted by Gasteiger charge is 2.33. The van der Waals surface area contributed by atoms with Crippen LogP contribution < -0.4 is 15.9 Å². The van der Waals surface area contributed by atoms with E-state index >= 15 is 0 Å². The standard InChI is InChI=1S/C19H16FOP/c1-15-9-8-14-18(20)19(15)22(21,16-10-4-2-5-11-16)17-12-6-3-7-13-17/h2-14H,1H3. The average molecular weight is 310 g/mol. The molecule has 3 aromatic carbocycles. The number of halogens is 1. The van der Waals surface area contributed by atoms with Gasteiger partial charge in [-0.1, -0.05) is 72.8 Å². The summed E-state index contributed by atoms with van der Waals surface area (Å²) >= 11 is 0. The second-order valence-corrected chi connectivity index (χ2v) is 7.88. The third-order valence-electron chi connectivity index (χ3n) is 3.74. The minimum absolute atomic E-state index is 0.299. The van der Waals surface area contributed by atoms with Gasteiger partial charge in [-0.15, -0.1) is 0 Å². The molecule has 0 aliphatic carbocycles. The molecule has 110 valence electrons. The van der Waals surface area contributed by atoms with Gasteiger partial charge < -0.3 is 4.57 Å². The van der Waals surface area contributed by atoms with Crippen molar-refractivity contribution < 1.29 is 8.96 Å². The quantitative estimate of drug-likeness (QED) is 0.673. The summed E-state index contributed by atoms with van der Waals surface area (Å²) in [5.74, 6) is -0.420. The Morgan fingerprint density at radius 1 is 0.727 bits per heavy atom. The van der Waals surface area contributed by atoms with E-state index in [0.717, 1.165) is 0 Å². The Hall–Kier alpha value is -2.18. The molecule has 0 N–H and O–H groups in total. The van der Waals surface area contributed by atoms with Crippen LogP contribution in [0.25, 0.3) is 0 Å². The van der Waals surface area contributed by atoms with E-state index in [1.54, 1.807) is 43.3 Å². The third-order valence-corrected chi connectivity index (χ3v) is 6.99. The first-order valence-corrected chi connectivity index (χ1v) is 8.81. The summed E-state index contributed by atoms with van der Waals surface area (Å²) in [6, 6.07) is 23.1. The van der Waals surface area contributed by atoms with Gasteiger partial charge >= 0.3 is 0 Å². The molecule has 0 amide bonds. The predicted molar refractivity (Wildman–Crippen MR) is 90.5 cm³/mol. The molecule has 0 radical (unpaired) electrons. The van der Waals surface area contributed by atoms with Crippen LogP contribution in [-0.4, -0.2) is 0 Å². The van der Waals surface area contributed by atoms with Crippen LogP contribution in [-0.2, 0) is 4.57 Å². The third kappa shape index (κ3) is 2.40. The lowest BCUT2D eigenvalue weighted by Crippen LogP contribution is -2.28. The van der Waals surface area contributed by atoms with Crippen LogP contribution in [0.5, 0.6) is 0 Å². The molecule has 3 aromatic rings. The zero-order valence-electron chi connectivity index (χ0n) is 12.2. The van der Waals surface area contributed by atoms with Crippen LogP contribution in [0.3, 0.4) is 0 Å². The van der Waals surface area contributed by atoms with Crippen molar-refractivity contribution in [3.63, 3.8) is 0 Å². The van der Waals surface area contributed by atoms with E-state index in [4.69, 9.17) is 0 Å². The van der Waals surface area contributed by atoms with Crippen molar-refractivity contribution in [2.75, 3.05) is 0 Å². The van der Waals surface area contributed by atoms with Gasteiger partial charge in [0.1, 0.15) is 5.82 Å². The number of hydrogen-bond donors (Lipinski definition) is 0. The highest BCUT2D eigenvalue weighted by Crippen LogP contribution is 2.43. The van der Waals surface area contributed by atoms with Crippen molar-refractivity contribution in [3.05, 3.63) is 90.2 Å². The first-order chi connectivity index (χ1) is 10.6. The van der Waals surface area contributed by atoms with Gasteiger partial charge in [0.25, 0.3) is 0 Å². The molecule has 0 aliphatic rings.